The predicted molar refractivity (Wildman–Crippen MR) is 186 cm³/mol. The molecular formula is C40H46F5N3O. The van der Waals surface area contributed by atoms with E-state index in [1.54, 1.807) is 50.3 Å². The monoisotopic (exact) mass is 679 g/mol. The summed E-state index contributed by atoms with van der Waals surface area (Å²) in [5.41, 5.74) is 2.85. The minimum atomic E-state index is -3.02. The number of likely N-dealkylation sites (tertiary alicyclic amines) is 1. The Bertz CT molecular complexity index is 1800. The van der Waals surface area contributed by atoms with Crippen molar-refractivity contribution < 1.29 is 26.7 Å². The summed E-state index contributed by atoms with van der Waals surface area (Å²) in [6, 6.07) is 15.5. The smallest absolute Gasteiger partial charge is 0.320 e. The van der Waals surface area contributed by atoms with E-state index < -0.39 is 24.2 Å². The lowest BCUT2D eigenvalue weighted by molar-refractivity contribution is 0.0174. The Hall–Kier alpha value is -4.01. The van der Waals surface area contributed by atoms with E-state index in [2.05, 4.69) is 18.8 Å². The molecule has 1 amide bonds. The Balaban J connectivity index is 0.000000514. The number of rotatable bonds is 9. The van der Waals surface area contributed by atoms with E-state index in [4.69, 9.17) is 0 Å². The number of para-hydroxylation sites is 2. The average molecular weight is 680 g/mol. The highest BCUT2D eigenvalue weighted by molar-refractivity contribution is 5.96. The third kappa shape index (κ3) is 8.42. The summed E-state index contributed by atoms with van der Waals surface area (Å²) >= 11 is 0. The standard InChI is InChI=1S/C32H30F5N3O.C8H16/c1-4-23(21-8-7-9-22(17-21)32(3,36)37)24-18-26(33)25(16-19(24)2)30(41)39-14-12-20(13-15-39)29-38-27-10-5-6-11-28(27)40(29)31(34)35;1-3-7(2)6-8-4-5-8/h4-11,16-18,20,31H,12-15H2,1-3H3;7-8H,3-6H2,1-2H3/b23-4-;. The van der Waals surface area contributed by atoms with Gasteiger partial charge in [-0.3, -0.25) is 9.36 Å². The number of fused-ring (bicyclic) bond motifs is 1. The molecule has 1 saturated carbocycles. The molecule has 0 N–H and O–H groups in total. The molecule has 0 spiro atoms. The number of carbonyl (C=O) groups excluding carboxylic acids is 1. The van der Waals surface area contributed by atoms with Gasteiger partial charge >= 0.3 is 6.55 Å². The van der Waals surface area contributed by atoms with Crippen LogP contribution in [0.4, 0.5) is 22.0 Å². The third-order valence-electron chi connectivity index (χ3n) is 9.90. The Morgan fingerprint density at radius 2 is 1.69 bits per heavy atom. The van der Waals surface area contributed by atoms with Crippen molar-refractivity contribution >= 4 is 22.5 Å². The fourth-order valence-corrected chi connectivity index (χ4v) is 6.73. The SMILES string of the molecule is C/C=C(/c1cccc(C(C)(F)F)c1)c1cc(F)c(C(=O)N2CCC(c3nc4ccccc4n3C(F)F)CC2)cc1C.CCC(C)CC1CC1. The molecule has 2 fully saturated rings. The second-order valence-electron chi connectivity index (χ2n) is 13.7. The van der Waals surface area contributed by atoms with Crippen LogP contribution in [0.2, 0.25) is 0 Å². The van der Waals surface area contributed by atoms with Crippen LogP contribution in [0.5, 0.6) is 0 Å². The number of allylic oxidation sites excluding steroid dienone is 1. The first-order valence-electron chi connectivity index (χ1n) is 17.3. The minimum absolute atomic E-state index is 0.0891. The lowest BCUT2D eigenvalue weighted by Crippen LogP contribution is -2.38. The molecule has 6 rings (SSSR count). The summed E-state index contributed by atoms with van der Waals surface area (Å²) in [5, 5.41) is 0. The molecule has 3 aromatic carbocycles. The van der Waals surface area contributed by atoms with Crippen molar-refractivity contribution in [3.63, 3.8) is 0 Å². The number of nitrogens with zero attached hydrogens (tertiary/aromatic N) is 3. The van der Waals surface area contributed by atoms with Gasteiger partial charge in [0.1, 0.15) is 11.6 Å². The molecule has 1 aliphatic heterocycles. The first-order chi connectivity index (χ1) is 23.3. The van der Waals surface area contributed by atoms with E-state index in [0.717, 1.165) is 23.3 Å². The number of imidazole rings is 1. The number of aromatic nitrogens is 2. The third-order valence-corrected chi connectivity index (χ3v) is 9.90. The van der Waals surface area contributed by atoms with Gasteiger partial charge in [0.2, 0.25) is 0 Å². The molecule has 1 aliphatic carbocycles. The van der Waals surface area contributed by atoms with Gasteiger partial charge in [-0.1, -0.05) is 69.5 Å². The van der Waals surface area contributed by atoms with Gasteiger partial charge in [-0.2, -0.15) is 8.78 Å². The Morgan fingerprint density at radius 1 is 1.00 bits per heavy atom. The molecule has 4 aromatic rings. The van der Waals surface area contributed by atoms with Crippen molar-refractivity contribution in [2.75, 3.05) is 13.1 Å². The first kappa shape index (κ1) is 36.3. The maximum Gasteiger partial charge on any atom is 0.320 e. The van der Waals surface area contributed by atoms with Gasteiger partial charge in [0.15, 0.2) is 0 Å². The molecule has 1 unspecified atom stereocenters. The van der Waals surface area contributed by atoms with Crippen LogP contribution in [-0.4, -0.2) is 33.4 Å². The molecule has 1 atom stereocenters. The molecule has 9 heteroatoms. The number of alkyl halides is 4. The molecule has 1 saturated heterocycles. The van der Waals surface area contributed by atoms with E-state index in [1.807, 2.05) is 0 Å². The van der Waals surface area contributed by atoms with Crippen LogP contribution in [0.3, 0.4) is 0 Å². The fraction of sp³-hybridized carbons (Fsp3) is 0.450. The van der Waals surface area contributed by atoms with Crippen molar-refractivity contribution in [2.45, 2.75) is 91.5 Å². The second kappa shape index (κ2) is 15.3. The number of hydrogen-bond donors (Lipinski definition) is 0. The molecule has 2 aliphatic rings. The van der Waals surface area contributed by atoms with Gasteiger partial charge < -0.3 is 4.90 Å². The Labute approximate surface area is 286 Å². The van der Waals surface area contributed by atoms with Gasteiger partial charge in [-0.15, -0.1) is 0 Å². The van der Waals surface area contributed by atoms with Crippen molar-refractivity contribution in [1.29, 1.82) is 0 Å². The van der Waals surface area contributed by atoms with Crippen LogP contribution in [0.15, 0.2) is 66.7 Å². The molecule has 49 heavy (non-hydrogen) atoms. The van der Waals surface area contributed by atoms with Crippen LogP contribution < -0.4 is 0 Å². The van der Waals surface area contributed by atoms with Crippen molar-refractivity contribution in [2.24, 2.45) is 11.8 Å². The second-order valence-corrected chi connectivity index (χ2v) is 13.7. The first-order valence-corrected chi connectivity index (χ1v) is 17.3. The molecule has 4 nitrogen and oxygen atoms in total. The van der Waals surface area contributed by atoms with Crippen LogP contribution in [0, 0.1) is 24.6 Å². The van der Waals surface area contributed by atoms with E-state index in [0.29, 0.717) is 52.0 Å². The van der Waals surface area contributed by atoms with Gasteiger partial charge in [-0.05, 0) is 97.5 Å². The fourth-order valence-electron chi connectivity index (χ4n) is 6.73. The normalized spacial score (nSPS) is 16.6. The highest BCUT2D eigenvalue weighted by atomic mass is 19.3. The maximum atomic E-state index is 15.4. The largest absolute Gasteiger partial charge is 0.339 e. The molecule has 0 radical (unpaired) electrons. The van der Waals surface area contributed by atoms with Crippen molar-refractivity contribution in [3.05, 3.63) is 106 Å². The lowest BCUT2D eigenvalue weighted by atomic mass is 9.90. The highest BCUT2D eigenvalue weighted by Crippen LogP contribution is 2.37. The van der Waals surface area contributed by atoms with E-state index in [9.17, 15) is 22.4 Å². The number of piperidine rings is 1. The van der Waals surface area contributed by atoms with Crippen LogP contribution >= 0.6 is 0 Å². The Kier molecular flexibility index (Phi) is 11.3. The van der Waals surface area contributed by atoms with Crippen LogP contribution in [0.25, 0.3) is 16.6 Å². The zero-order valence-electron chi connectivity index (χ0n) is 29.0. The number of benzene rings is 3. The number of amides is 1. The molecule has 0 bridgehead atoms. The molecule has 262 valence electrons. The lowest BCUT2D eigenvalue weighted by Gasteiger charge is -2.32. The zero-order chi connectivity index (χ0) is 35.5. The quantitative estimate of drug-likeness (QED) is 0.165. The van der Waals surface area contributed by atoms with E-state index in [1.165, 1.54) is 60.9 Å². The molecule has 1 aromatic heterocycles. The highest BCUT2D eigenvalue weighted by Gasteiger charge is 2.31. The van der Waals surface area contributed by atoms with Gasteiger partial charge in [-0.25, -0.2) is 18.2 Å². The summed E-state index contributed by atoms with van der Waals surface area (Å²) < 4.78 is 72.1. The van der Waals surface area contributed by atoms with Crippen molar-refractivity contribution in [3.8, 4) is 0 Å². The molecule has 2 heterocycles. The number of carbonyl (C=O) groups is 1. The van der Waals surface area contributed by atoms with E-state index >= 15 is 4.39 Å². The predicted octanol–water partition coefficient (Wildman–Crippen LogP) is 11.3. The summed E-state index contributed by atoms with van der Waals surface area (Å²) in [5.74, 6) is -2.07. The minimum Gasteiger partial charge on any atom is -0.339 e. The summed E-state index contributed by atoms with van der Waals surface area (Å²) in [4.78, 5) is 19.4. The van der Waals surface area contributed by atoms with E-state index in [-0.39, 0.29) is 30.1 Å². The van der Waals surface area contributed by atoms with Gasteiger partial charge in [0.25, 0.3) is 11.8 Å². The van der Waals surface area contributed by atoms with Crippen LogP contribution in [0.1, 0.15) is 117 Å². The summed E-state index contributed by atoms with van der Waals surface area (Å²) in [6.07, 6.45) is 8.47. The van der Waals surface area contributed by atoms with Gasteiger partial charge in [0, 0.05) is 31.5 Å². The zero-order valence-corrected chi connectivity index (χ0v) is 29.0. The number of aryl methyl sites for hydroxylation is 1. The number of halogens is 5. The molecular weight excluding hydrogens is 633 g/mol. The summed E-state index contributed by atoms with van der Waals surface area (Å²) in [7, 11) is 0. The topological polar surface area (TPSA) is 38.1 Å². The number of hydrogen-bond acceptors (Lipinski definition) is 2. The average Bonchev–Trinajstić information content (AvgIpc) is 3.81. The van der Waals surface area contributed by atoms with Crippen LogP contribution in [-0.2, 0) is 5.92 Å². The maximum absolute atomic E-state index is 15.4. The summed E-state index contributed by atoms with van der Waals surface area (Å²) in [6.45, 7) is 6.76. The Morgan fingerprint density at radius 3 is 2.31 bits per heavy atom. The van der Waals surface area contributed by atoms with Crippen molar-refractivity contribution in [1.82, 2.24) is 14.5 Å². The van der Waals surface area contributed by atoms with Gasteiger partial charge in [0.05, 0.1) is 16.6 Å².